The minimum absolute atomic E-state index is 0.0370. The zero-order valence-electron chi connectivity index (χ0n) is 11.8. The summed E-state index contributed by atoms with van der Waals surface area (Å²) in [6.45, 7) is 2.60. The summed E-state index contributed by atoms with van der Waals surface area (Å²) in [4.78, 5) is 25.9. The van der Waals surface area contributed by atoms with Crippen LogP contribution in [0.2, 0.25) is 0 Å². The molecule has 2 aliphatic rings. The number of aryl methyl sites for hydroxylation is 1. The molecule has 1 aromatic carbocycles. The average Bonchev–Trinajstić information content (AvgIpc) is 3.18. The lowest BCUT2D eigenvalue weighted by molar-refractivity contribution is -0.126. The summed E-state index contributed by atoms with van der Waals surface area (Å²) in [5.74, 6) is -0.113. The maximum Gasteiger partial charge on any atom is 0.227 e. The number of amides is 2. The Balaban J connectivity index is 1.70. The second kappa shape index (κ2) is 5.27. The van der Waals surface area contributed by atoms with Crippen LogP contribution in [0, 0.1) is 5.92 Å². The van der Waals surface area contributed by atoms with Gasteiger partial charge in [0.15, 0.2) is 0 Å². The second-order valence-corrected chi connectivity index (χ2v) is 5.71. The minimum atomic E-state index is -0.201. The molecule has 0 aromatic heterocycles. The molecule has 3 rings (SSSR count). The molecule has 2 fully saturated rings. The number of carbonyl (C=O) groups is 2. The van der Waals surface area contributed by atoms with Gasteiger partial charge in [-0.1, -0.05) is 19.1 Å². The second-order valence-electron chi connectivity index (χ2n) is 5.71. The van der Waals surface area contributed by atoms with Gasteiger partial charge in [0.25, 0.3) is 0 Å². The molecule has 4 nitrogen and oxygen atoms in total. The lowest BCUT2D eigenvalue weighted by atomic mass is 10.1. The normalized spacial score (nSPS) is 22.1. The number of carbonyl (C=O) groups excluding carboxylic acids is 2. The average molecular weight is 272 g/mol. The van der Waals surface area contributed by atoms with Crippen LogP contribution in [0.15, 0.2) is 24.3 Å². The molecule has 1 unspecified atom stereocenters. The smallest absolute Gasteiger partial charge is 0.227 e. The Labute approximate surface area is 119 Å². The van der Waals surface area contributed by atoms with Crippen molar-refractivity contribution in [1.82, 2.24) is 5.32 Å². The van der Waals surface area contributed by atoms with E-state index in [-0.39, 0.29) is 17.7 Å². The number of nitrogens with zero attached hydrogens (tertiary/aromatic N) is 1. The number of nitrogens with one attached hydrogen (secondary N) is 1. The predicted octanol–water partition coefficient (Wildman–Crippen LogP) is 1.88. The molecule has 1 saturated heterocycles. The van der Waals surface area contributed by atoms with Crippen molar-refractivity contribution in [2.24, 2.45) is 5.92 Å². The summed E-state index contributed by atoms with van der Waals surface area (Å²) in [6, 6.07) is 8.37. The highest BCUT2D eigenvalue weighted by Crippen LogP contribution is 2.27. The van der Waals surface area contributed by atoms with E-state index in [1.54, 1.807) is 4.90 Å². The van der Waals surface area contributed by atoms with Gasteiger partial charge in [0.05, 0.1) is 5.92 Å². The number of hydrogen-bond donors (Lipinski definition) is 1. The Morgan fingerprint density at radius 1 is 1.40 bits per heavy atom. The third kappa shape index (κ3) is 2.69. The Morgan fingerprint density at radius 2 is 2.20 bits per heavy atom. The SMILES string of the molecule is CCc1cccc(N2CC(C(=O)NC3CC3)CC2=O)c1. The van der Waals surface area contributed by atoms with Crippen LogP contribution in [-0.2, 0) is 16.0 Å². The van der Waals surface area contributed by atoms with Gasteiger partial charge in [-0.25, -0.2) is 0 Å². The maximum absolute atomic E-state index is 12.1. The van der Waals surface area contributed by atoms with Crippen LogP contribution in [0.4, 0.5) is 5.69 Å². The van der Waals surface area contributed by atoms with Crippen molar-refractivity contribution in [3.05, 3.63) is 29.8 Å². The zero-order chi connectivity index (χ0) is 14.1. The summed E-state index contributed by atoms with van der Waals surface area (Å²) in [7, 11) is 0. The first kappa shape index (κ1) is 13.2. The Hall–Kier alpha value is -1.84. The molecule has 1 saturated carbocycles. The summed E-state index contributed by atoms with van der Waals surface area (Å²) < 4.78 is 0. The van der Waals surface area contributed by atoms with E-state index >= 15 is 0 Å². The van der Waals surface area contributed by atoms with E-state index in [9.17, 15) is 9.59 Å². The number of rotatable bonds is 4. The molecular weight excluding hydrogens is 252 g/mol. The number of anilines is 1. The molecule has 106 valence electrons. The Bertz CT molecular complexity index is 537. The molecule has 2 amide bonds. The van der Waals surface area contributed by atoms with Gasteiger partial charge in [-0.15, -0.1) is 0 Å². The van der Waals surface area contributed by atoms with E-state index in [0.717, 1.165) is 24.9 Å². The largest absolute Gasteiger partial charge is 0.353 e. The van der Waals surface area contributed by atoms with Gasteiger partial charge in [0.1, 0.15) is 0 Å². The molecule has 1 heterocycles. The van der Waals surface area contributed by atoms with E-state index in [1.807, 2.05) is 18.2 Å². The van der Waals surface area contributed by atoms with E-state index in [1.165, 1.54) is 5.56 Å². The fourth-order valence-electron chi connectivity index (χ4n) is 2.62. The fraction of sp³-hybridized carbons (Fsp3) is 0.500. The highest BCUT2D eigenvalue weighted by molar-refractivity contribution is 6.00. The molecule has 0 spiro atoms. The van der Waals surface area contributed by atoms with Crippen LogP contribution < -0.4 is 10.2 Å². The summed E-state index contributed by atoms with van der Waals surface area (Å²) in [5.41, 5.74) is 2.12. The number of hydrogen-bond acceptors (Lipinski definition) is 2. The molecule has 20 heavy (non-hydrogen) atoms. The first-order chi connectivity index (χ1) is 9.67. The van der Waals surface area contributed by atoms with Crippen molar-refractivity contribution in [3.63, 3.8) is 0 Å². The molecule has 0 radical (unpaired) electrons. The van der Waals surface area contributed by atoms with E-state index in [4.69, 9.17) is 0 Å². The first-order valence-corrected chi connectivity index (χ1v) is 7.37. The van der Waals surface area contributed by atoms with Gasteiger partial charge in [-0.2, -0.15) is 0 Å². The molecule has 1 atom stereocenters. The topological polar surface area (TPSA) is 49.4 Å². The van der Waals surface area contributed by atoms with Crippen LogP contribution >= 0.6 is 0 Å². The molecule has 1 aromatic rings. The van der Waals surface area contributed by atoms with Gasteiger partial charge in [0, 0.05) is 24.7 Å². The highest BCUT2D eigenvalue weighted by atomic mass is 16.2. The standard InChI is InChI=1S/C16H20N2O2/c1-2-11-4-3-5-14(8-11)18-10-12(9-15(18)19)16(20)17-13-6-7-13/h3-5,8,12-13H,2,6-7,9-10H2,1H3,(H,17,20). The third-order valence-electron chi connectivity index (χ3n) is 4.05. The maximum atomic E-state index is 12.1. The van der Waals surface area contributed by atoms with Gasteiger partial charge in [-0.05, 0) is 37.0 Å². The summed E-state index contributed by atoms with van der Waals surface area (Å²) in [5, 5.41) is 2.99. The molecular formula is C16H20N2O2. The monoisotopic (exact) mass is 272 g/mol. The lowest BCUT2D eigenvalue weighted by Gasteiger charge is -2.17. The zero-order valence-corrected chi connectivity index (χ0v) is 11.8. The van der Waals surface area contributed by atoms with E-state index < -0.39 is 0 Å². The van der Waals surface area contributed by atoms with E-state index in [2.05, 4.69) is 18.3 Å². The van der Waals surface area contributed by atoms with Gasteiger partial charge < -0.3 is 10.2 Å². The fourth-order valence-corrected chi connectivity index (χ4v) is 2.62. The van der Waals surface area contributed by atoms with Crippen LogP contribution in [0.3, 0.4) is 0 Å². The van der Waals surface area contributed by atoms with Crippen LogP contribution in [0.1, 0.15) is 31.7 Å². The van der Waals surface area contributed by atoms with Crippen LogP contribution in [-0.4, -0.2) is 24.4 Å². The summed E-state index contributed by atoms with van der Waals surface area (Å²) in [6.07, 6.45) is 3.43. The third-order valence-corrected chi connectivity index (χ3v) is 4.05. The molecule has 0 bridgehead atoms. The summed E-state index contributed by atoms with van der Waals surface area (Å²) >= 11 is 0. The Morgan fingerprint density at radius 3 is 2.90 bits per heavy atom. The van der Waals surface area contributed by atoms with Crippen molar-refractivity contribution >= 4 is 17.5 Å². The van der Waals surface area contributed by atoms with Gasteiger partial charge in [-0.3, -0.25) is 9.59 Å². The van der Waals surface area contributed by atoms with Crippen molar-refractivity contribution in [1.29, 1.82) is 0 Å². The van der Waals surface area contributed by atoms with Crippen molar-refractivity contribution in [3.8, 4) is 0 Å². The number of benzene rings is 1. The van der Waals surface area contributed by atoms with Crippen molar-refractivity contribution < 1.29 is 9.59 Å². The molecule has 4 heteroatoms. The van der Waals surface area contributed by atoms with Crippen LogP contribution in [0.25, 0.3) is 0 Å². The Kier molecular flexibility index (Phi) is 3.47. The van der Waals surface area contributed by atoms with Gasteiger partial charge in [0.2, 0.25) is 11.8 Å². The van der Waals surface area contributed by atoms with E-state index in [0.29, 0.717) is 19.0 Å². The molecule has 1 N–H and O–H groups in total. The van der Waals surface area contributed by atoms with Crippen molar-refractivity contribution in [2.45, 2.75) is 38.6 Å². The molecule has 1 aliphatic heterocycles. The first-order valence-electron chi connectivity index (χ1n) is 7.37. The highest BCUT2D eigenvalue weighted by Gasteiger charge is 2.37. The predicted molar refractivity (Wildman–Crippen MR) is 77.4 cm³/mol. The van der Waals surface area contributed by atoms with Gasteiger partial charge >= 0.3 is 0 Å². The quantitative estimate of drug-likeness (QED) is 0.910. The van der Waals surface area contributed by atoms with Crippen molar-refractivity contribution in [2.75, 3.05) is 11.4 Å². The molecule has 1 aliphatic carbocycles. The lowest BCUT2D eigenvalue weighted by Crippen LogP contribution is -2.34. The minimum Gasteiger partial charge on any atom is -0.353 e. The van der Waals surface area contributed by atoms with Crippen LogP contribution in [0.5, 0.6) is 0 Å².